The average Bonchev–Trinajstić information content (AvgIpc) is 3.37. The molecule has 0 aliphatic carbocycles. The number of nitrogens with one attached hydrogen (secondary N) is 1. The van der Waals surface area contributed by atoms with Crippen LogP contribution in [0.1, 0.15) is 54.9 Å². The highest BCUT2D eigenvalue weighted by atomic mass is 32.2. The zero-order valence-electron chi connectivity index (χ0n) is 20.3. The maximum absolute atomic E-state index is 12.6. The normalized spacial score (nSPS) is 15.7. The van der Waals surface area contributed by atoms with Gasteiger partial charge in [-0.25, -0.2) is 13.4 Å². The van der Waals surface area contributed by atoms with Gasteiger partial charge in [0.2, 0.25) is 5.91 Å². The predicted octanol–water partition coefficient (Wildman–Crippen LogP) is 4.98. The Kier molecular flexibility index (Phi) is 7.88. The molecular formula is C26H31N3O4S2. The Morgan fingerprint density at radius 1 is 1.09 bits per heavy atom. The van der Waals surface area contributed by atoms with E-state index in [-0.39, 0.29) is 29.0 Å². The highest BCUT2D eigenvalue weighted by Crippen LogP contribution is 2.41. The number of hydrogen-bond acceptors (Lipinski definition) is 7. The number of hydrogen-bond donors (Lipinski definition) is 1. The molecule has 4 rings (SSSR count). The first kappa shape index (κ1) is 25.3. The number of ether oxygens (including phenoxy) is 1. The predicted molar refractivity (Wildman–Crippen MR) is 139 cm³/mol. The minimum atomic E-state index is -3.25. The first-order chi connectivity index (χ1) is 16.8. The quantitative estimate of drug-likeness (QED) is 0.411. The van der Waals surface area contributed by atoms with Gasteiger partial charge < -0.3 is 10.1 Å². The number of aromatic nitrogens is 1. The fourth-order valence-corrected chi connectivity index (χ4v) is 6.24. The molecule has 3 aromatic rings. The molecule has 1 aliphatic heterocycles. The molecule has 0 saturated carbocycles. The summed E-state index contributed by atoms with van der Waals surface area (Å²) in [4.78, 5) is 21.2. The number of fused-ring (bicyclic) bond motifs is 1. The summed E-state index contributed by atoms with van der Waals surface area (Å²) in [6.07, 6.45) is 1.10. The van der Waals surface area contributed by atoms with Gasteiger partial charge in [0.05, 0.1) is 35.4 Å². The number of thiazole rings is 1. The van der Waals surface area contributed by atoms with E-state index in [0.29, 0.717) is 11.7 Å². The van der Waals surface area contributed by atoms with E-state index in [2.05, 4.69) is 29.3 Å². The largest absolute Gasteiger partial charge is 0.494 e. The van der Waals surface area contributed by atoms with Gasteiger partial charge in [0.25, 0.3) is 0 Å². The third-order valence-corrected chi connectivity index (χ3v) is 8.83. The Labute approximate surface area is 211 Å². The first-order valence-electron chi connectivity index (χ1n) is 11.9. The molecule has 0 fully saturated rings. The van der Waals surface area contributed by atoms with Crippen LogP contribution in [0.5, 0.6) is 5.75 Å². The maximum Gasteiger partial charge on any atom is 0.230 e. The molecule has 2 heterocycles. The highest BCUT2D eigenvalue weighted by molar-refractivity contribution is 7.91. The van der Waals surface area contributed by atoms with E-state index in [0.717, 1.165) is 36.5 Å². The van der Waals surface area contributed by atoms with Gasteiger partial charge in [0.15, 0.2) is 15.0 Å². The van der Waals surface area contributed by atoms with Crippen molar-refractivity contribution in [1.29, 1.82) is 0 Å². The molecule has 0 radical (unpaired) electrons. The van der Waals surface area contributed by atoms with Crippen LogP contribution in [-0.2, 0) is 34.1 Å². The number of nitrogens with zero attached hydrogens (tertiary/aromatic N) is 2. The second-order valence-electron chi connectivity index (χ2n) is 8.51. The molecule has 7 nitrogen and oxygen atoms in total. The molecule has 0 unspecified atom stereocenters. The fraction of sp³-hybridized carbons (Fsp3) is 0.385. The van der Waals surface area contributed by atoms with Crippen molar-refractivity contribution in [3.05, 3.63) is 70.2 Å². The van der Waals surface area contributed by atoms with E-state index in [4.69, 9.17) is 9.72 Å². The molecular weight excluding hydrogens is 482 g/mol. The molecule has 35 heavy (non-hydrogen) atoms. The monoisotopic (exact) mass is 513 g/mol. The van der Waals surface area contributed by atoms with Gasteiger partial charge in [0, 0.05) is 18.0 Å². The van der Waals surface area contributed by atoms with Crippen molar-refractivity contribution < 1.29 is 17.9 Å². The summed E-state index contributed by atoms with van der Waals surface area (Å²) in [5.41, 5.74) is 3.04. The van der Waals surface area contributed by atoms with Crippen molar-refractivity contribution in [3.8, 4) is 5.75 Å². The Morgan fingerprint density at radius 2 is 1.77 bits per heavy atom. The van der Waals surface area contributed by atoms with E-state index in [1.807, 2.05) is 19.1 Å². The van der Waals surface area contributed by atoms with Crippen LogP contribution in [0.3, 0.4) is 0 Å². The van der Waals surface area contributed by atoms with E-state index >= 15 is 0 Å². The maximum atomic E-state index is 12.6. The Hall–Kier alpha value is -2.75. The van der Waals surface area contributed by atoms with Crippen molar-refractivity contribution in [2.24, 2.45) is 0 Å². The third-order valence-electron chi connectivity index (χ3n) is 6.11. The Bertz CT molecular complexity index is 1270. The molecule has 9 heteroatoms. The van der Waals surface area contributed by atoms with Crippen LogP contribution >= 0.6 is 11.3 Å². The van der Waals surface area contributed by atoms with Gasteiger partial charge in [-0.1, -0.05) is 38.1 Å². The SMILES string of the molecule is CCOc1ccc(CN2Cc3sc(NC(=O)Cc4ccc(S(=O)(=O)CC)cc4)nc3[C@H]2CC)cc1. The van der Waals surface area contributed by atoms with Crippen LogP contribution in [0.2, 0.25) is 0 Å². The standard InChI is InChI=1S/C26H31N3O4S2/c1-4-22-25-23(17-29(22)16-19-7-11-20(12-8-19)33-5-2)34-26(28-25)27-24(30)15-18-9-13-21(14-10-18)35(31,32)6-3/h7-14,22H,4-6,15-17H2,1-3H3,(H,27,28,30)/t22-/m1/s1. The molecule has 1 N–H and O–H groups in total. The van der Waals surface area contributed by atoms with E-state index in [9.17, 15) is 13.2 Å². The number of anilines is 1. The van der Waals surface area contributed by atoms with Crippen LogP contribution in [0, 0.1) is 0 Å². The van der Waals surface area contributed by atoms with Crippen molar-refractivity contribution >= 4 is 32.2 Å². The zero-order valence-corrected chi connectivity index (χ0v) is 21.9. The molecule has 0 bridgehead atoms. The van der Waals surface area contributed by atoms with Crippen LogP contribution in [0.4, 0.5) is 5.13 Å². The lowest BCUT2D eigenvalue weighted by atomic mass is 10.1. The minimum Gasteiger partial charge on any atom is -0.494 e. The summed E-state index contributed by atoms with van der Waals surface area (Å²) in [6, 6.07) is 14.9. The van der Waals surface area contributed by atoms with Gasteiger partial charge in [-0.2, -0.15) is 0 Å². The van der Waals surface area contributed by atoms with Gasteiger partial charge in [-0.3, -0.25) is 9.69 Å². The van der Waals surface area contributed by atoms with Crippen LogP contribution in [-0.4, -0.2) is 36.6 Å². The second-order valence-corrected chi connectivity index (χ2v) is 11.9. The number of sulfone groups is 1. The van der Waals surface area contributed by atoms with Crippen molar-refractivity contribution in [2.75, 3.05) is 17.7 Å². The second kappa shape index (κ2) is 10.9. The summed E-state index contributed by atoms with van der Waals surface area (Å²) in [6.45, 7) is 8.05. The van der Waals surface area contributed by atoms with Crippen molar-refractivity contribution in [3.63, 3.8) is 0 Å². The Balaban J connectivity index is 1.36. The third kappa shape index (κ3) is 5.91. The van der Waals surface area contributed by atoms with E-state index in [1.165, 1.54) is 21.8 Å². The van der Waals surface area contributed by atoms with E-state index in [1.54, 1.807) is 31.2 Å². The first-order valence-corrected chi connectivity index (χ1v) is 14.4. The summed E-state index contributed by atoms with van der Waals surface area (Å²) < 4.78 is 29.5. The van der Waals surface area contributed by atoms with Gasteiger partial charge >= 0.3 is 0 Å². The smallest absolute Gasteiger partial charge is 0.230 e. The molecule has 1 aliphatic rings. The topological polar surface area (TPSA) is 88.6 Å². The minimum absolute atomic E-state index is 0.0535. The molecule has 0 saturated heterocycles. The molecule has 2 aromatic carbocycles. The van der Waals surface area contributed by atoms with Crippen molar-refractivity contribution in [1.82, 2.24) is 9.88 Å². The van der Waals surface area contributed by atoms with Crippen LogP contribution in [0.15, 0.2) is 53.4 Å². The highest BCUT2D eigenvalue weighted by Gasteiger charge is 2.33. The van der Waals surface area contributed by atoms with Gasteiger partial charge in [-0.05, 0) is 48.7 Å². The number of carbonyl (C=O) groups is 1. The summed E-state index contributed by atoms with van der Waals surface area (Å²) >= 11 is 1.53. The fourth-order valence-electron chi connectivity index (χ4n) is 4.30. The molecule has 1 atom stereocenters. The number of benzene rings is 2. The lowest BCUT2D eigenvalue weighted by Crippen LogP contribution is -2.22. The summed E-state index contributed by atoms with van der Waals surface area (Å²) in [7, 11) is -3.25. The number of rotatable bonds is 10. The molecule has 186 valence electrons. The van der Waals surface area contributed by atoms with Crippen LogP contribution in [0.25, 0.3) is 0 Å². The van der Waals surface area contributed by atoms with Crippen LogP contribution < -0.4 is 10.1 Å². The molecule has 1 amide bonds. The molecule has 0 spiro atoms. The van der Waals surface area contributed by atoms with Gasteiger partial charge in [0.1, 0.15) is 5.75 Å². The Morgan fingerprint density at radius 3 is 2.40 bits per heavy atom. The average molecular weight is 514 g/mol. The lowest BCUT2D eigenvalue weighted by Gasteiger charge is -2.23. The summed E-state index contributed by atoms with van der Waals surface area (Å²) in [5.74, 6) is 0.772. The lowest BCUT2D eigenvalue weighted by molar-refractivity contribution is -0.115. The number of carbonyl (C=O) groups excluding carboxylic acids is 1. The summed E-state index contributed by atoms with van der Waals surface area (Å²) in [5, 5.41) is 3.54. The zero-order chi connectivity index (χ0) is 25.0. The van der Waals surface area contributed by atoms with Gasteiger partial charge in [-0.15, -0.1) is 11.3 Å². The molecule has 1 aromatic heterocycles. The number of amides is 1. The van der Waals surface area contributed by atoms with Crippen molar-refractivity contribution in [2.45, 2.75) is 57.6 Å². The van der Waals surface area contributed by atoms with E-state index < -0.39 is 9.84 Å².